The Bertz CT molecular complexity index is 677. The summed E-state index contributed by atoms with van der Waals surface area (Å²) in [6, 6.07) is 5.95. The van der Waals surface area contributed by atoms with Crippen LogP contribution in [0.2, 0.25) is 0 Å². The SMILES string of the molecule is CCC[C@@]12C[C@H]3CC(C)(C)C[C@]3(O1)C(=O)c1cc(OC)ccc12. The predicted molar refractivity (Wildman–Crippen MR) is 88.8 cm³/mol. The topological polar surface area (TPSA) is 35.5 Å². The van der Waals surface area contributed by atoms with Gasteiger partial charge in [-0.25, -0.2) is 0 Å². The minimum Gasteiger partial charge on any atom is -0.497 e. The number of ether oxygens (including phenoxy) is 2. The Morgan fingerprint density at radius 1 is 1.30 bits per heavy atom. The number of carbonyl (C=O) groups is 1. The van der Waals surface area contributed by atoms with E-state index in [2.05, 4.69) is 26.8 Å². The van der Waals surface area contributed by atoms with Gasteiger partial charge < -0.3 is 9.47 Å². The molecule has 1 saturated heterocycles. The van der Waals surface area contributed by atoms with Crippen LogP contribution in [0.3, 0.4) is 0 Å². The highest BCUT2D eigenvalue weighted by Crippen LogP contribution is 2.65. The van der Waals surface area contributed by atoms with Crippen molar-refractivity contribution < 1.29 is 14.3 Å². The van der Waals surface area contributed by atoms with Crippen molar-refractivity contribution in [3.8, 4) is 5.75 Å². The zero-order valence-corrected chi connectivity index (χ0v) is 14.6. The van der Waals surface area contributed by atoms with Crippen LogP contribution in [0.15, 0.2) is 18.2 Å². The molecule has 0 N–H and O–H groups in total. The molecule has 124 valence electrons. The van der Waals surface area contributed by atoms with Crippen LogP contribution >= 0.6 is 0 Å². The number of methoxy groups -OCH3 is 1. The zero-order chi connectivity index (χ0) is 16.5. The average Bonchev–Trinajstić information content (AvgIpc) is 2.90. The fourth-order valence-corrected chi connectivity index (χ4v) is 5.54. The maximum absolute atomic E-state index is 13.4. The Balaban J connectivity index is 1.90. The lowest BCUT2D eigenvalue weighted by Crippen LogP contribution is -2.48. The second-order valence-electron chi connectivity index (χ2n) is 8.42. The maximum Gasteiger partial charge on any atom is 0.195 e. The summed E-state index contributed by atoms with van der Waals surface area (Å²) in [6.07, 6.45) is 4.94. The second-order valence-corrected chi connectivity index (χ2v) is 8.42. The number of hydrogen-bond donors (Lipinski definition) is 0. The molecule has 2 bridgehead atoms. The lowest BCUT2D eigenvalue weighted by atomic mass is 9.78. The van der Waals surface area contributed by atoms with E-state index in [1.807, 2.05) is 12.1 Å². The number of hydrogen-bond acceptors (Lipinski definition) is 3. The molecule has 0 aromatic heterocycles. The number of Topliss-reactive ketones (excluding diaryl/α,β-unsaturated/α-hetero) is 1. The Morgan fingerprint density at radius 3 is 2.78 bits per heavy atom. The number of rotatable bonds is 3. The number of carbonyl (C=O) groups excluding carboxylic acids is 1. The van der Waals surface area contributed by atoms with Gasteiger partial charge in [-0.1, -0.05) is 33.3 Å². The molecule has 3 atom stereocenters. The van der Waals surface area contributed by atoms with Crippen molar-refractivity contribution in [3.05, 3.63) is 29.3 Å². The first-order chi connectivity index (χ1) is 10.9. The molecule has 2 fully saturated rings. The molecule has 1 saturated carbocycles. The standard InChI is InChI=1S/C20H26O3/c1-5-8-19-11-13-10-18(2,3)12-20(13,23-19)17(21)15-9-14(22-4)6-7-16(15)19/h6-7,9,13H,5,8,10-12H2,1-4H3/t13-,19+,20-/m1/s1. The van der Waals surface area contributed by atoms with Crippen molar-refractivity contribution >= 4 is 5.78 Å². The van der Waals surface area contributed by atoms with Gasteiger partial charge in [0, 0.05) is 5.56 Å². The molecule has 0 amide bonds. The molecule has 4 rings (SSSR count). The van der Waals surface area contributed by atoms with Crippen molar-refractivity contribution in [2.45, 2.75) is 64.1 Å². The van der Waals surface area contributed by atoms with E-state index in [4.69, 9.17) is 9.47 Å². The zero-order valence-electron chi connectivity index (χ0n) is 14.6. The summed E-state index contributed by atoms with van der Waals surface area (Å²) in [5.74, 6) is 1.29. The smallest absolute Gasteiger partial charge is 0.195 e. The third-order valence-electron chi connectivity index (χ3n) is 6.15. The van der Waals surface area contributed by atoms with Gasteiger partial charge in [0.15, 0.2) is 5.78 Å². The highest BCUT2D eigenvalue weighted by molar-refractivity contribution is 6.06. The van der Waals surface area contributed by atoms with E-state index in [9.17, 15) is 4.79 Å². The van der Waals surface area contributed by atoms with Gasteiger partial charge in [-0.05, 0) is 54.7 Å². The summed E-state index contributed by atoms with van der Waals surface area (Å²) in [6.45, 7) is 6.72. The van der Waals surface area contributed by atoms with Gasteiger partial charge in [-0.2, -0.15) is 0 Å². The van der Waals surface area contributed by atoms with Crippen LogP contribution in [0.5, 0.6) is 5.75 Å². The van der Waals surface area contributed by atoms with Crippen molar-refractivity contribution in [1.82, 2.24) is 0 Å². The molecule has 2 heterocycles. The normalized spacial score (nSPS) is 36.7. The molecule has 3 aliphatic rings. The predicted octanol–water partition coefficient (Wildman–Crippen LogP) is 4.48. The molecule has 3 heteroatoms. The van der Waals surface area contributed by atoms with Crippen LogP contribution in [-0.2, 0) is 10.3 Å². The fourth-order valence-electron chi connectivity index (χ4n) is 5.54. The summed E-state index contributed by atoms with van der Waals surface area (Å²) in [7, 11) is 1.65. The molecule has 0 unspecified atom stereocenters. The third-order valence-corrected chi connectivity index (χ3v) is 6.15. The summed E-state index contributed by atoms with van der Waals surface area (Å²) in [5, 5.41) is 0. The van der Waals surface area contributed by atoms with Gasteiger partial charge in [0.05, 0.1) is 12.7 Å². The average molecular weight is 314 g/mol. The molecule has 0 radical (unpaired) electrons. The summed E-state index contributed by atoms with van der Waals surface area (Å²) in [4.78, 5) is 13.4. The Morgan fingerprint density at radius 2 is 2.09 bits per heavy atom. The van der Waals surface area contributed by atoms with E-state index in [1.54, 1.807) is 7.11 Å². The molecule has 23 heavy (non-hydrogen) atoms. The maximum atomic E-state index is 13.4. The van der Waals surface area contributed by atoms with E-state index in [1.165, 1.54) is 0 Å². The van der Waals surface area contributed by atoms with Gasteiger partial charge in [0.2, 0.25) is 0 Å². The highest BCUT2D eigenvalue weighted by Gasteiger charge is 2.68. The van der Waals surface area contributed by atoms with Crippen LogP contribution in [0.1, 0.15) is 68.8 Å². The van der Waals surface area contributed by atoms with Gasteiger partial charge in [0.1, 0.15) is 11.4 Å². The lowest BCUT2D eigenvalue weighted by Gasteiger charge is -2.41. The summed E-state index contributed by atoms with van der Waals surface area (Å²) in [5.41, 5.74) is 1.23. The van der Waals surface area contributed by atoms with Crippen molar-refractivity contribution in [2.75, 3.05) is 7.11 Å². The number of ketones is 1. The molecular formula is C20H26O3. The molecule has 1 spiro atoms. The van der Waals surface area contributed by atoms with E-state index in [0.29, 0.717) is 5.92 Å². The van der Waals surface area contributed by atoms with Crippen LogP contribution in [-0.4, -0.2) is 18.5 Å². The van der Waals surface area contributed by atoms with Crippen LogP contribution in [0.25, 0.3) is 0 Å². The summed E-state index contributed by atoms with van der Waals surface area (Å²) < 4.78 is 12.1. The monoisotopic (exact) mass is 314 g/mol. The molecule has 1 aromatic carbocycles. The highest BCUT2D eigenvalue weighted by atomic mass is 16.5. The summed E-state index contributed by atoms with van der Waals surface area (Å²) >= 11 is 0. The van der Waals surface area contributed by atoms with Crippen LogP contribution in [0, 0.1) is 11.3 Å². The van der Waals surface area contributed by atoms with Gasteiger partial charge in [-0.15, -0.1) is 0 Å². The lowest BCUT2D eigenvalue weighted by molar-refractivity contribution is -0.108. The van der Waals surface area contributed by atoms with E-state index in [0.717, 1.165) is 49.0 Å². The van der Waals surface area contributed by atoms with Crippen LogP contribution in [0.4, 0.5) is 0 Å². The van der Waals surface area contributed by atoms with E-state index >= 15 is 0 Å². The minimum absolute atomic E-state index is 0.176. The van der Waals surface area contributed by atoms with Gasteiger partial charge >= 0.3 is 0 Å². The third kappa shape index (κ3) is 1.89. The van der Waals surface area contributed by atoms with E-state index in [-0.39, 0.29) is 16.8 Å². The molecule has 2 aliphatic heterocycles. The Labute approximate surface area is 138 Å². The molecule has 1 aliphatic carbocycles. The van der Waals surface area contributed by atoms with Crippen molar-refractivity contribution in [1.29, 1.82) is 0 Å². The molecule has 1 aromatic rings. The Kier molecular flexibility index (Phi) is 3.04. The first-order valence-corrected chi connectivity index (χ1v) is 8.79. The quantitative estimate of drug-likeness (QED) is 0.825. The first-order valence-electron chi connectivity index (χ1n) is 8.79. The second kappa shape index (κ2) is 4.60. The Hall–Kier alpha value is -1.35. The largest absolute Gasteiger partial charge is 0.497 e. The van der Waals surface area contributed by atoms with Gasteiger partial charge in [0.25, 0.3) is 0 Å². The van der Waals surface area contributed by atoms with Crippen molar-refractivity contribution in [3.63, 3.8) is 0 Å². The van der Waals surface area contributed by atoms with E-state index < -0.39 is 5.60 Å². The molecule has 3 nitrogen and oxygen atoms in total. The minimum atomic E-state index is -0.599. The number of fused-ring (bicyclic) bond motifs is 3. The fraction of sp³-hybridized carbons (Fsp3) is 0.650. The van der Waals surface area contributed by atoms with Crippen molar-refractivity contribution in [2.24, 2.45) is 11.3 Å². The number of benzene rings is 1. The first kappa shape index (κ1) is 15.2. The van der Waals surface area contributed by atoms with Gasteiger partial charge in [-0.3, -0.25) is 4.79 Å². The van der Waals surface area contributed by atoms with Crippen LogP contribution < -0.4 is 4.74 Å². The molecular weight excluding hydrogens is 288 g/mol.